The van der Waals surface area contributed by atoms with Crippen molar-refractivity contribution in [3.05, 3.63) is 53.8 Å². The van der Waals surface area contributed by atoms with Gasteiger partial charge in [0, 0.05) is 5.56 Å². The molecule has 1 aromatic heterocycles. The number of ether oxygens (including phenoxy) is 2. The van der Waals surface area contributed by atoms with Crippen LogP contribution in [0.25, 0.3) is 11.4 Å². The number of tetrazole rings is 1. The molecule has 0 saturated carbocycles. The first kappa shape index (κ1) is 19.0. The van der Waals surface area contributed by atoms with Gasteiger partial charge in [0.15, 0.2) is 11.5 Å². The molecule has 1 heterocycles. The molecule has 0 bridgehead atoms. The summed E-state index contributed by atoms with van der Waals surface area (Å²) >= 11 is 0. The molecule has 1 amide bonds. The number of hydrogen-bond acceptors (Lipinski definition) is 7. The number of amides is 1. The molecule has 0 radical (unpaired) electrons. The van der Waals surface area contributed by atoms with E-state index < -0.39 is 5.91 Å². The van der Waals surface area contributed by atoms with Crippen LogP contribution in [-0.4, -0.2) is 46.5 Å². The van der Waals surface area contributed by atoms with E-state index in [4.69, 9.17) is 9.47 Å². The first-order valence-electron chi connectivity index (χ1n) is 8.16. The van der Waals surface area contributed by atoms with Crippen molar-refractivity contribution in [2.24, 2.45) is 5.10 Å². The number of benzene rings is 2. The minimum Gasteiger partial charge on any atom is -0.493 e. The van der Waals surface area contributed by atoms with Gasteiger partial charge in [0.05, 0.1) is 20.4 Å². The van der Waals surface area contributed by atoms with Crippen molar-refractivity contribution in [1.82, 2.24) is 25.6 Å². The molecule has 0 aliphatic rings. The average Bonchev–Trinajstić information content (AvgIpc) is 3.16. The summed E-state index contributed by atoms with van der Waals surface area (Å²) in [5, 5.41) is 15.6. The predicted molar refractivity (Wildman–Crippen MR) is 98.5 cm³/mol. The number of aromatic nitrogens is 4. The zero-order valence-corrected chi connectivity index (χ0v) is 15.2. The lowest BCUT2D eigenvalue weighted by Crippen LogP contribution is -2.24. The summed E-state index contributed by atoms with van der Waals surface area (Å²) < 4.78 is 23.3. The molecule has 3 aromatic rings. The van der Waals surface area contributed by atoms with E-state index in [1.807, 2.05) is 0 Å². The van der Waals surface area contributed by atoms with Gasteiger partial charge in [-0.2, -0.15) is 9.90 Å². The smallest absolute Gasteiger partial charge is 0.263 e. The van der Waals surface area contributed by atoms with Gasteiger partial charge >= 0.3 is 0 Å². The van der Waals surface area contributed by atoms with E-state index in [-0.39, 0.29) is 12.4 Å². The van der Waals surface area contributed by atoms with Crippen molar-refractivity contribution in [2.45, 2.75) is 6.54 Å². The van der Waals surface area contributed by atoms with E-state index in [2.05, 4.69) is 25.9 Å². The maximum atomic E-state index is 13.0. The SMILES string of the molecule is COc1ccc(/C=N\NC(=O)Cn2nnc(-c3ccc(F)cc3)n2)cc1OC. The molecule has 0 fully saturated rings. The van der Waals surface area contributed by atoms with Gasteiger partial charge in [0.2, 0.25) is 5.82 Å². The zero-order chi connectivity index (χ0) is 19.9. The van der Waals surface area contributed by atoms with Crippen molar-refractivity contribution in [2.75, 3.05) is 14.2 Å². The number of methoxy groups -OCH3 is 2. The molecule has 0 atom stereocenters. The third-order valence-electron chi connectivity index (χ3n) is 3.65. The molecule has 0 saturated heterocycles. The summed E-state index contributed by atoms with van der Waals surface area (Å²) in [7, 11) is 3.08. The van der Waals surface area contributed by atoms with Crippen molar-refractivity contribution >= 4 is 12.1 Å². The fourth-order valence-corrected chi connectivity index (χ4v) is 2.30. The number of rotatable bonds is 7. The number of halogens is 1. The molecule has 0 aliphatic heterocycles. The van der Waals surface area contributed by atoms with E-state index in [0.29, 0.717) is 22.9 Å². The molecule has 9 nitrogen and oxygen atoms in total. The van der Waals surface area contributed by atoms with Gasteiger partial charge in [0.1, 0.15) is 12.4 Å². The van der Waals surface area contributed by atoms with Gasteiger partial charge in [-0.25, -0.2) is 9.82 Å². The molecule has 0 spiro atoms. The summed E-state index contributed by atoms with van der Waals surface area (Å²) in [6.07, 6.45) is 1.47. The predicted octanol–water partition coefficient (Wildman–Crippen LogP) is 1.65. The van der Waals surface area contributed by atoms with Crippen LogP contribution in [0.2, 0.25) is 0 Å². The van der Waals surface area contributed by atoms with Crippen LogP contribution in [0, 0.1) is 5.82 Å². The van der Waals surface area contributed by atoms with Gasteiger partial charge in [-0.15, -0.1) is 10.2 Å². The Morgan fingerprint density at radius 2 is 1.93 bits per heavy atom. The lowest BCUT2D eigenvalue weighted by atomic mass is 10.2. The maximum Gasteiger partial charge on any atom is 0.263 e. The minimum atomic E-state index is -0.431. The summed E-state index contributed by atoms with van der Waals surface area (Å²) in [6.45, 7) is -0.169. The highest BCUT2D eigenvalue weighted by Gasteiger charge is 2.09. The molecule has 3 rings (SSSR count). The maximum absolute atomic E-state index is 13.0. The van der Waals surface area contributed by atoms with E-state index >= 15 is 0 Å². The van der Waals surface area contributed by atoms with E-state index in [1.165, 1.54) is 37.6 Å². The van der Waals surface area contributed by atoms with Crippen molar-refractivity contribution in [3.63, 3.8) is 0 Å². The largest absolute Gasteiger partial charge is 0.493 e. The van der Waals surface area contributed by atoms with Gasteiger partial charge in [-0.1, -0.05) is 0 Å². The number of nitrogens with zero attached hydrogens (tertiary/aromatic N) is 5. The fraction of sp³-hybridized carbons (Fsp3) is 0.167. The van der Waals surface area contributed by atoms with Crippen LogP contribution in [0.15, 0.2) is 47.6 Å². The van der Waals surface area contributed by atoms with Crippen LogP contribution in [0.4, 0.5) is 4.39 Å². The Morgan fingerprint density at radius 3 is 2.64 bits per heavy atom. The van der Waals surface area contributed by atoms with Gasteiger partial charge in [-0.3, -0.25) is 4.79 Å². The van der Waals surface area contributed by atoms with Gasteiger partial charge in [0.25, 0.3) is 5.91 Å². The molecule has 0 aliphatic carbocycles. The van der Waals surface area contributed by atoms with Crippen LogP contribution >= 0.6 is 0 Å². The summed E-state index contributed by atoms with van der Waals surface area (Å²) in [5.41, 5.74) is 3.70. The third kappa shape index (κ3) is 4.67. The summed E-state index contributed by atoms with van der Waals surface area (Å²) in [5.74, 6) is 0.653. The average molecular weight is 384 g/mol. The number of carbonyl (C=O) groups excluding carboxylic acids is 1. The fourth-order valence-electron chi connectivity index (χ4n) is 2.30. The lowest BCUT2D eigenvalue weighted by molar-refractivity contribution is -0.122. The van der Waals surface area contributed by atoms with E-state index in [1.54, 1.807) is 25.3 Å². The van der Waals surface area contributed by atoms with Gasteiger partial charge in [-0.05, 0) is 53.2 Å². The Morgan fingerprint density at radius 1 is 1.18 bits per heavy atom. The molecule has 1 N–H and O–H groups in total. The molecule has 28 heavy (non-hydrogen) atoms. The number of carbonyl (C=O) groups is 1. The Bertz CT molecular complexity index is 987. The lowest BCUT2D eigenvalue weighted by Gasteiger charge is -2.07. The summed E-state index contributed by atoms with van der Waals surface area (Å²) in [4.78, 5) is 13.1. The van der Waals surface area contributed by atoms with E-state index in [0.717, 1.165) is 10.4 Å². The van der Waals surface area contributed by atoms with Crippen molar-refractivity contribution < 1.29 is 18.7 Å². The highest BCUT2D eigenvalue weighted by Crippen LogP contribution is 2.26. The van der Waals surface area contributed by atoms with Crippen molar-refractivity contribution in [1.29, 1.82) is 0 Å². The molecule has 144 valence electrons. The van der Waals surface area contributed by atoms with Crippen LogP contribution in [0.1, 0.15) is 5.56 Å². The monoisotopic (exact) mass is 384 g/mol. The zero-order valence-electron chi connectivity index (χ0n) is 15.2. The third-order valence-corrected chi connectivity index (χ3v) is 3.65. The van der Waals surface area contributed by atoms with Crippen LogP contribution < -0.4 is 14.9 Å². The molecule has 2 aromatic carbocycles. The van der Waals surface area contributed by atoms with Crippen LogP contribution in [0.5, 0.6) is 11.5 Å². The Balaban J connectivity index is 1.57. The first-order chi connectivity index (χ1) is 13.6. The molecular weight excluding hydrogens is 367 g/mol. The normalized spacial score (nSPS) is 10.8. The number of nitrogens with one attached hydrogen (secondary N) is 1. The quantitative estimate of drug-likeness (QED) is 0.491. The Labute approximate surface area is 159 Å². The molecule has 10 heteroatoms. The summed E-state index contributed by atoms with van der Waals surface area (Å²) in [6, 6.07) is 10.9. The Kier molecular flexibility index (Phi) is 5.90. The Hall–Kier alpha value is -3.82. The van der Waals surface area contributed by atoms with Crippen LogP contribution in [-0.2, 0) is 11.3 Å². The van der Waals surface area contributed by atoms with Gasteiger partial charge < -0.3 is 9.47 Å². The number of hydrazone groups is 1. The van der Waals surface area contributed by atoms with E-state index in [9.17, 15) is 9.18 Å². The molecular formula is C18H17FN6O3. The standard InChI is InChI=1S/C18H17FN6O3/c1-27-15-8-3-12(9-16(15)28-2)10-20-21-17(26)11-25-23-18(22-24-25)13-4-6-14(19)7-5-13/h3-10H,11H2,1-2H3,(H,21,26)/b20-10-. The molecule has 0 unspecified atom stereocenters. The topological polar surface area (TPSA) is 104 Å². The van der Waals surface area contributed by atoms with Crippen LogP contribution in [0.3, 0.4) is 0 Å². The minimum absolute atomic E-state index is 0.169. The highest BCUT2D eigenvalue weighted by molar-refractivity contribution is 5.83. The highest BCUT2D eigenvalue weighted by atomic mass is 19.1. The second-order valence-corrected chi connectivity index (χ2v) is 5.56. The second kappa shape index (κ2) is 8.71. The second-order valence-electron chi connectivity index (χ2n) is 5.56. The van der Waals surface area contributed by atoms with Crippen molar-refractivity contribution in [3.8, 4) is 22.9 Å². The number of hydrogen-bond donors (Lipinski definition) is 1. The first-order valence-corrected chi connectivity index (χ1v) is 8.16.